The van der Waals surface area contributed by atoms with Gasteiger partial charge in [-0.2, -0.15) is 0 Å². The average Bonchev–Trinajstić information content (AvgIpc) is 1.62. The first-order valence-corrected chi connectivity index (χ1v) is 55.6. The van der Waals surface area contributed by atoms with Crippen LogP contribution in [0.4, 0.5) is 56.9 Å². The molecular formula is C108H119N10O23Sn. The van der Waals surface area contributed by atoms with Crippen molar-refractivity contribution in [3.8, 4) is 46.0 Å². The molecule has 10 aromatic rings. The van der Waals surface area contributed by atoms with Crippen molar-refractivity contribution in [3.05, 3.63) is 249 Å². The van der Waals surface area contributed by atoms with E-state index in [0.29, 0.717) is 196 Å². The normalized spacial score (nSPS) is 15.9. The summed E-state index contributed by atoms with van der Waals surface area (Å²) in [6.45, 7) is 5.99. The SMILES string of the molecule is COC(=O)CCOCCOCCOCCN(C)c1cc(COc2cc3c(cc2OC)C(=O)N2c4ccccc4C[C@H]2C=N3)cc(COc2cc3c(cc2OC)C(=O)N2c4ccccc4C[C@H]2C=N3)c1.COc1cc2c(cc1OCc1cc(COc3cc4c(cc3OC)C(=O)N3c5ccccc5C[C@H]3C=N4)cc(N(C)CCOCCOCCOCCC(=O)O)c1)N=C[C@@H]1Cc3ccccc3N1C2=O.O.[CH3][Sn]([CH3])[CH3]. The summed E-state index contributed by atoms with van der Waals surface area (Å²) in [7, 11) is 11.5. The molecule has 0 saturated heterocycles. The van der Waals surface area contributed by atoms with Crippen molar-refractivity contribution in [1.82, 2.24) is 0 Å². The average molecular weight is 2040 g/mol. The van der Waals surface area contributed by atoms with E-state index >= 15 is 0 Å². The number of fused-ring (bicyclic) bond motifs is 16. The van der Waals surface area contributed by atoms with Crippen LogP contribution in [0, 0.1) is 0 Å². The number of hydrogen-bond donors (Lipinski definition) is 1. The number of methoxy groups -OCH3 is 5. The van der Waals surface area contributed by atoms with Crippen molar-refractivity contribution in [1.29, 1.82) is 0 Å². The third-order valence-corrected chi connectivity index (χ3v) is 24.8. The number of rotatable bonds is 42. The molecule has 8 aliphatic heterocycles. The van der Waals surface area contributed by atoms with Crippen LogP contribution in [0.15, 0.2) is 202 Å². The molecule has 0 bridgehead atoms. The Labute approximate surface area is 832 Å². The van der Waals surface area contributed by atoms with Crippen molar-refractivity contribution in [2.24, 2.45) is 20.0 Å². The maximum atomic E-state index is 14.0. The standard InChI is InChI=1S/C53H55N5O11.C52H53N5O11.3CH3.H2O.Sn/c1-56(14-16-66-18-20-67-19-17-65-15-13-51(59)64-4)38-22-34(32-68-49-28-43-41(26-47(49)62-2)52(60)57-39(30-54-43)24-36-9-5-7-11-45(36)57)21-35(23-38)33-69-50-29-44-42(27-48(50)63-3)53(61)58-40(31-55-44)25-37-10-6-8-12-46(37)58;1-55(13-15-65-17-19-66-18-16-64-14-12-50(58)59)37-21-33(31-67-48-27-42-40(25-46(48)62-2)51(60)56-38(29-53-42)23-35-8-4-6-10-44(35)56)20-34(22-37)32-68-49-28-43-41(26-47(49)63-3)52(61)57-39(30-54-43)24-36-9-5-7-11-45(36)57;;;;;/h5-12,21-23,26-31,39-40H,13-20,24-25,32-33H2,1-4H3;4-11,20-22,25-30,38-39H,12-19,23-24,31-32H2,1-3H3,(H,58,59);3*1H3;1H2;/t39-,40-;38-,39-;;;;;/m00...../s1. The topological polar surface area (TPSA) is 361 Å². The summed E-state index contributed by atoms with van der Waals surface area (Å²) >= 11 is -0.543. The fraction of sp³-hybridized carbons (Fsp3) is 0.352. The molecule has 0 unspecified atom stereocenters. The number of likely N-dealkylation sites (N-methyl/N-ethyl adjacent to an activating group) is 2. The van der Waals surface area contributed by atoms with E-state index in [2.05, 4.69) is 29.4 Å². The van der Waals surface area contributed by atoms with Crippen LogP contribution in [0.25, 0.3) is 0 Å². The zero-order chi connectivity index (χ0) is 98.6. The number of nitrogens with zero attached hydrogens (tertiary/aromatic N) is 10. The van der Waals surface area contributed by atoms with Crippen molar-refractivity contribution >= 4 is 137 Å². The molecule has 33 nitrogen and oxygen atoms in total. The number of carbonyl (C=O) groups is 6. The van der Waals surface area contributed by atoms with Gasteiger partial charge in [0.05, 0.1) is 197 Å². The van der Waals surface area contributed by atoms with E-state index in [1.54, 1.807) is 96.6 Å². The Morgan fingerprint density at radius 1 is 0.345 bits per heavy atom. The Bertz CT molecular complexity index is 6030. The van der Waals surface area contributed by atoms with Crippen molar-refractivity contribution in [2.45, 2.75) is 104 Å². The molecule has 0 aliphatic carbocycles. The van der Waals surface area contributed by atoms with E-state index in [-0.39, 0.29) is 112 Å². The predicted molar refractivity (Wildman–Crippen MR) is 545 cm³/mol. The van der Waals surface area contributed by atoms with Crippen molar-refractivity contribution < 1.29 is 110 Å². The van der Waals surface area contributed by atoms with E-state index in [0.717, 1.165) is 78.6 Å². The van der Waals surface area contributed by atoms with Crippen LogP contribution < -0.4 is 67.3 Å². The van der Waals surface area contributed by atoms with Gasteiger partial charge in [-0.15, -0.1) is 0 Å². The van der Waals surface area contributed by atoms with Crippen LogP contribution in [-0.2, 0) is 94.9 Å². The molecule has 4 atom stereocenters. The second-order valence-electron chi connectivity index (χ2n) is 35.2. The number of para-hydroxylation sites is 4. The van der Waals surface area contributed by atoms with Gasteiger partial charge in [0.2, 0.25) is 0 Å². The number of ether oxygens (including phenoxy) is 15. The summed E-state index contributed by atoms with van der Waals surface area (Å²) in [5.74, 6) is 1.59. The third kappa shape index (κ3) is 24.5. The fourth-order valence-corrected chi connectivity index (χ4v) is 17.8. The summed E-state index contributed by atoms with van der Waals surface area (Å²) < 4.78 is 87.4. The number of hydrogen-bond acceptors (Lipinski definition) is 27. The third-order valence-electron chi connectivity index (χ3n) is 24.8. The van der Waals surface area contributed by atoms with Crippen LogP contribution in [0.2, 0.25) is 14.8 Å². The predicted octanol–water partition coefficient (Wildman–Crippen LogP) is 15.4. The molecule has 3 N–H and O–H groups in total. The molecule has 0 aromatic heterocycles. The number of amides is 4. The maximum absolute atomic E-state index is 14.0. The number of anilines is 6. The van der Waals surface area contributed by atoms with Crippen molar-refractivity contribution in [3.63, 3.8) is 0 Å². The molecule has 0 saturated carbocycles. The van der Waals surface area contributed by atoms with Gasteiger partial charge in [0.1, 0.15) is 26.4 Å². The number of carboxylic acid groups (broad SMARTS) is 1. The molecule has 8 aliphatic rings. The minimum atomic E-state index is -0.901. The first kappa shape index (κ1) is 103. The van der Waals surface area contributed by atoms with Crippen LogP contribution in [0.1, 0.15) is 98.8 Å². The quantitative estimate of drug-likeness (QED) is 0.0211. The summed E-state index contributed by atoms with van der Waals surface area (Å²) in [5.41, 5.74) is 16.9. The summed E-state index contributed by atoms with van der Waals surface area (Å²) in [6.07, 6.45) is 10.2. The molecule has 34 heteroatoms. The van der Waals surface area contributed by atoms with Gasteiger partial charge in [0.15, 0.2) is 46.0 Å². The van der Waals surface area contributed by atoms with Gasteiger partial charge < -0.3 is 91.4 Å². The molecule has 8 heterocycles. The summed E-state index contributed by atoms with van der Waals surface area (Å²) in [4.78, 5) is 116. The molecule has 0 spiro atoms. The Hall–Kier alpha value is -13.8. The molecular weight excluding hydrogens is 1920 g/mol. The summed E-state index contributed by atoms with van der Waals surface area (Å²) in [5, 5.41) is 8.74. The number of carbonyl (C=O) groups excluding carboxylic acids is 5. The van der Waals surface area contributed by atoms with Gasteiger partial charge in [-0.1, -0.05) is 72.8 Å². The second-order valence-corrected chi connectivity index (χ2v) is 43.7. The molecule has 743 valence electrons. The number of benzene rings is 10. The van der Waals surface area contributed by atoms with Gasteiger partial charge in [0.25, 0.3) is 23.6 Å². The van der Waals surface area contributed by atoms with Crippen LogP contribution >= 0.6 is 0 Å². The van der Waals surface area contributed by atoms with Crippen molar-refractivity contribution in [2.75, 3.05) is 171 Å². The Balaban J connectivity index is 0.000000205. The first-order valence-electron chi connectivity index (χ1n) is 47.1. The monoisotopic (exact) mass is 2040 g/mol. The molecule has 18 rings (SSSR count). The molecule has 4 amide bonds. The zero-order valence-electron chi connectivity index (χ0n) is 81.4. The molecule has 0 fully saturated rings. The Kier molecular flexibility index (Phi) is 35.1. The van der Waals surface area contributed by atoms with Gasteiger partial charge in [-0.05, 0) is 129 Å². The van der Waals surface area contributed by atoms with Gasteiger partial charge >= 0.3 is 46.5 Å². The Morgan fingerprint density at radius 3 is 0.845 bits per heavy atom. The van der Waals surface area contributed by atoms with Crippen LogP contribution in [-0.4, -0.2) is 257 Å². The van der Waals surface area contributed by atoms with E-state index < -0.39 is 25.7 Å². The fourth-order valence-electron chi connectivity index (χ4n) is 17.8. The van der Waals surface area contributed by atoms with E-state index in [4.69, 9.17) is 91.4 Å². The van der Waals surface area contributed by atoms with E-state index in [1.165, 1.54) is 7.11 Å². The zero-order valence-corrected chi connectivity index (χ0v) is 84.3. The van der Waals surface area contributed by atoms with E-state index in [1.807, 2.05) is 172 Å². The number of aliphatic carboxylic acids is 1. The molecule has 1 radical (unpaired) electrons. The van der Waals surface area contributed by atoms with Crippen LogP contribution in [0.3, 0.4) is 0 Å². The minimum absolute atomic E-state index is 0. The van der Waals surface area contributed by atoms with E-state index in [9.17, 15) is 28.8 Å². The molecule has 142 heavy (non-hydrogen) atoms. The van der Waals surface area contributed by atoms with Gasteiger partial charge in [0, 0.05) is 136 Å². The summed E-state index contributed by atoms with van der Waals surface area (Å²) in [6, 6.07) is 57.0. The van der Waals surface area contributed by atoms with Crippen LogP contribution in [0.5, 0.6) is 46.0 Å². The second kappa shape index (κ2) is 48.6. The Morgan fingerprint density at radius 2 is 0.592 bits per heavy atom. The van der Waals surface area contributed by atoms with Gasteiger partial charge in [-0.25, -0.2) is 0 Å². The first-order chi connectivity index (χ1) is 68.6. The number of aliphatic imine (C=N–C) groups is 4. The number of carboxylic acids is 1. The molecule has 10 aromatic carbocycles. The number of esters is 1. The van der Waals surface area contributed by atoms with Gasteiger partial charge in [-0.3, -0.25) is 68.3 Å².